The molecular weight excluding hydrogens is 382 g/mol. The molecule has 27 heavy (non-hydrogen) atoms. The van der Waals surface area contributed by atoms with Crippen molar-refractivity contribution < 1.29 is 4.39 Å². The van der Waals surface area contributed by atoms with E-state index >= 15 is 0 Å². The first-order valence-electron chi connectivity index (χ1n) is 10.5. The van der Waals surface area contributed by atoms with Crippen LogP contribution < -0.4 is 0 Å². The van der Waals surface area contributed by atoms with Crippen molar-refractivity contribution in [2.24, 2.45) is 0 Å². The lowest BCUT2D eigenvalue weighted by molar-refractivity contribution is 0.0661. The number of piperazine rings is 1. The van der Waals surface area contributed by atoms with Crippen LogP contribution in [-0.2, 0) is 6.42 Å². The van der Waals surface area contributed by atoms with Crippen molar-refractivity contribution in [3.8, 4) is 0 Å². The molecule has 0 bridgehead atoms. The van der Waals surface area contributed by atoms with Gasteiger partial charge in [0.15, 0.2) is 0 Å². The summed E-state index contributed by atoms with van der Waals surface area (Å²) in [6.45, 7) is 8.01. The van der Waals surface area contributed by atoms with Gasteiger partial charge in [0.05, 0.1) is 0 Å². The number of rotatable bonds is 9. The Hall–Kier alpha value is -0.350. The van der Waals surface area contributed by atoms with Crippen LogP contribution in [0.1, 0.15) is 75.5 Å². The van der Waals surface area contributed by atoms with Crippen LogP contribution in [0.5, 0.6) is 0 Å². The molecule has 1 aromatic carbocycles. The Morgan fingerprint density at radius 1 is 0.926 bits per heavy atom. The second-order valence-corrected chi connectivity index (χ2v) is 7.92. The highest BCUT2D eigenvalue weighted by Gasteiger charge is 2.32. The van der Waals surface area contributed by atoms with Gasteiger partial charge in [0.2, 0.25) is 0 Å². The number of unbranched alkanes of at least 4 members (excludes halogenated alkanes) is 7. The maximum atomic E-state index is 13.7. The zero-order valence-electron chi connectivity index (χ0n) is 16.8. The highest BCUT2D eigenvalue weighted by molar-refractivity contribution is 5.85. The number of hydrogen-bond acceptors (Lipinski definition) is 2. The summed E-state index contributed by atoms with van der Waals surface area (Å²) in [6, 6.07) is 5.81. The molecule has 1 unspecified atom stereocenters. The van der Waals surface area contributed by atoms with Gasteiger partial charge >= 0.3 is 0 Å². The van der Waals surface area contributed by atoms with E-state index in [-0.39, 0.29) is 30.6 Å². The summed E-state index contributed by atoms with van der Waals surface area (Å²) < 4.78 is 13.7. The summed E-state index contributed by atoms with van der Waals surface area (Å²) in [7, 11) is 0. The molecule has 2 aliphatic rings. The number of nitrogens with zero attached hydrogens (tertiary/aromatic N) is 2. The van der Waals surface area contributed by atoms with Crippen molar-refractivity contribution in [3.63, 3.8) is 0 Å². The topological polar surface area (TPSA) is 6.48 Å². The minimum Gasteiger partial charge on any atom is -0.300 e. The molecule has 2 nitrogen and oxygen atoms in total. The average molecular weight is 419 g/mol. The lowest BCUT2D eigenvalue weighted by atomic mass is 9.90. The third-order valence-electron chi connectivity index (χ3n) is 6.04. The first-order chi connectivity index (χ1) is 12.3. The van der Waals surface area contributed by atoms with Gasteiger partial charge in [-0.1, -0.05) is 57.9 Å². The second kappa shape index (κ2) is 13.0. The summed E-state index contributed by atoms with van der Waals surface area (Å²) in [6.07, 6.45) is 12.1. The molecule has 5 heteroatoms. The van der Waals surface area contributed by atoms with E-state index in [2.05, 4.69) is 16.7 Å². The molecule has 0 spiro atoms. The Labute approximate surface area is 177 Å². The standard InChI is InChI=1S/C22H35FN2.2ClH/c1-2-3-4-5-6-7-8-9-13-24-15-16-25-14-12-19-10-11-20(23)17-21(19)22(25)18-24;;/h10-11,17,22H,2-9,12-16,18H2,1H3;2*1H. The van der Waals surface area contributed by atoms with Crippen LogP contribution in [0.2, 0.25) is 0 Å². The van der Waals surface area contributed by atoms with Gasteiger partial charge in [0.1, 0.15) is 5.82 Å². The molecule has 2 aliphatic heterocycles. The molecule has 1 saturated heterocycles. The van der Waals surface area contributed by atoms with Crippen molar-refractivity contribution >= 4 is 24.8 Å². The third kappa shape index (κ3) is 7.20. The lowest BCUT2D eigenvalue weighted by Gasteiger charge is -2.45. The van der Waals surface area contributed by atoms with Gasteiger partial charge in [-0.15, -0.1) is 24.8 Å². The Bertz CT molecular complexity index is 541. The second-order valence-electron chi connectivity index (χ2n) is 7.92. The summed E-state index contributed by atoms with van der Waals surface area (Å²) in [4.78, 5) is 5.17. The molecule has 0 aromatic heterocycles. The largest absolute Gasteiger partial charge is 0.300 e. The van der Waals surface area contributed by atoms with E-state index in [1.54, 1.807) is 12.1 Å². The third-order valence-corrected chi connectivity index (χ3v) is 6.04. The molecule has 1 atom stereocenters. The van der Waals surface area contributed by atoms with Crippen LogP contribution in [0, 0.1) is 5.82 Å². The molecule has 156 valence electrons. The predicted octanol–water partition coefficient (Wildman–Crippen LogP) is 6.02. The van der Waals surface area contributed by atoms with E-state index in [0.717, 1.165) is 26.1 Å². The van der Waals surface area contributed by atoms with E-state index in [4.69, 9.17) is 0 Å². The highest BCUT2D eigenvalue weighted by atomic mass is 35.5. The first-order valence-corrected chi connectivity index (χ1v) is 10.5. The maximum absolute atomic E-state index is 13.7. The summed E-state index contributed by atoms with van der Waals surface area (Å²) in [5.41, 5.74) is 2.60. The molecule has 0 radical (unpaired) electrons. The van der Waals surface area contributed by atoms with Gasteiger partial charge in [-0.25, -0.2) is 4.39 Å². The molecule has 0 amide bonds. The zero-order chi connectivity index (χ0) is 17.5. The van der Waals surface area contributed by atoms with E-state index in [0.29, 0.717) is 6.04 Å². The Morgan fingerprint density at radius 3 is 2.37 bits per heavy atom. The molecule has 0 aliphatic carbocycles. The highest BCUT2D eigenvalue weighted by Crippen LogP contribution is 2.33. The fourth-order valence-corrected chi connectivity index (χ4v) is 4.48. The van der Waals surface area contributed by atoms with E-state index in [1.807, 2.05) is 6.07 Å². The summed E-state index contributed by atoms with van der Waals surface area (Å²) in [5.74, 6) is -0.0826. The monoisotopic (exact) mass is 418 g/mol. The number of halogens is 3. The molecular formula is C22H37Cl2FN2. The van der Waals surface area contributed by atoms with Crippen LogP contribution in [0.15, 0.2) is 18.2 Å². The average Bonchev–Trinajstić information content (AvgIpc) is 2.63. The fraction of sp³-hybridized carbons (Fsp3) is 0.727. The van der Waals surface area contributed by atoms with Crippen LogP contribution in [0.25, 0.3) is 0 Å². The zero-order valence-corrected chi connectivity index (χ0v) is 18.4. The smallest absolute Gasteiger partial charge is 0.123 e. The normalized spacial score (nSPS) is 19.6. The van der Waals surface area contributed by atoms with Gasteiger partial charge in [0.25, 0.3) is 0 Å². The number of hydrogen-bond donors (Lipinski definition) is 0. The van der Waals surface area contributed by atoms with Crippen molar-refractivity contribution in [1.29, 1.82) is 0 Å². The van der Waals surface area contributed by atoms with Crippen LogP contribution in [0.3, 0.4) is 0 Å². The first kappa shape index (κ1) is 24.7. The van der Waals surface area contributed by atoms with Gasteiger partial charge in [0, 0.05) is 32.2 Å². The predicted molar refractivity (Wildman–Crippen MR) is 118 cm³/mol. The Morgan fingerprint density at radius 2 is 1.63 bits per heavy atom. The van der Waals surface area contributed by atoms with Crippen molar-refractivity contribution in [2.75, 3.05) is 32.7 Å². The number of benzene rings is 1. The van der Waals surface area contributed by atoms with E-state index in [9.17, 15) is 4.39 Å². The Kier molecular flexibility index (Phi) is 11.9. The number of fused-ring (bicyclic) bond motifs is 3. The van der Waals surface area contributed by atoms with Crippen molar-refractivity contribution in [2.45, 2.75) is 70.8 Å². The van der Waals surface area contributed by atoms with Gasteiger partial charge in [-0.2, -0.15) is 0 Å². The van der Waals surface area contributed by atoms with Crippen LogP contribution in [0.4, 0.5) is 4.39 Å². The summed E-state index contributed by atoms with van der Waals surface area (Å²) >= 11 is 0. The molecule has 2 heterocycles. The van der Waals surface area contributed by atoms with Gasteiger partial charge in [-0.3, -0.25) is 4.90 Å². The van der Waals surface area contributed by atoms with Crippen molar-refractivity contribution in [1.82, 2.24) is 9.80 Å². The SMILES string of the molecule is CCCCCCCCCCN1CCN2CCc3ccc(F)cc3C2C1.Cl.Cl. The lowest BCUT2D eigenvalue weighted by Crippen LogP contribution is -2.51. The van der Waals surface area contributed by atoms with Gasteiger partial charge in [-0.05, 0) is 42.6 Å². The molecule has 1 aromatic rings. The van der Waals surface area contributed by atoms with E-state index < -0.39 is 0 Å². The van der Waals surface area contributed by atoms with Gasteiger partial charge < -0.3 is 4.90 Å². The van der Waals surface area contributed by atoms with Crippen molar-refractivity contribution in [3.05, 3.63) is 35.1 Å². The van der Waals surface area contributed by atoms with E-state index in [1.165, 1.54) is 75.6 Å². The molecule has 3 rings (SSSR count). The Balaban J connectivity index is 0.00000182. The minimum atomic E-state index is -0.0826. The maximum Gasteiger partial charge on any atom is 0.123 e. The van der Waals surface area contributed by atoms with Crippen LogP contribution in [-0.4, -0.2) is 42.5 Å². The fourth-order valence-electron chi connectivity index (χ4n) is 4.48. The summed E-state index contributed by atoms with van der Waals surface area (Å²) in [5, 5.41) is 0. The minimum absolute atomic E-state index is 0. The molecule has 0 saturated carbocycles. The molecule has 0 N–H and O–H groups in total. The van der Waals surface area contributed by atoms with Crippen LogP contribution >= 0.6 is 24.8 Å². The molecule has 1 fully saturated rings. The quantitative estimate of drug-likeness (QED) is 0.451.